The fourth-order valence-electron chi connectivity index (χ4n) is 4.55. The summed E-state index contributed by atoms with van der Waals surface area (Å²) >= 11 is 2.01. The van der Waals surface area contributed by atoms with Crippen LogP contribution in [0.3, 0.4) is 0 Å². The predicted molar refractivity (Wildman–Crippen MR) is 83.5 cm³/mol. The van der Waals surface area contributed by atoms with Gasteiger partial charge in [0.15, 0.2) is 0 Å². The molecule has 0 amide bonds. The predicted octanol–water partition coefficient (Wildman–Crippen LogP) is 4.93. The molecule has 2 aliphatic rings. The first-order valence-corrected chi connectivity index (χ1v) is 9.04. The minimum atomic E-state index is 0.449. The maximum atomic E-state index is 2.56. The van der Waals surface area contributed by atoms with E-state index in [0.29, 0.717) is 5.54 Å². The topological polar surface area (TPSA) is 0 Å². The van der Waals surface area contributed by atoms with Crippen LogP contribution in [0.15, 0.2) is 17.5 Å². The maximum Gasteiger partial charge on any atom is 0.134 e. The molecule has 2 heterocycles. The van der Waals surface area contributed by atoms with E-state index in [1.165, 1.54) is 75.4 Å². The van der Waals surface area contributed by atoms with Crippen molar-refractivity contribution in [2.75, 3.05) is 20.1 Å². The number of quaternary nitrogens is 1. The second-order valence-electron chi connectivity index (χ2n) is 6.83. The largest absolute Gasteiger partial charge is 0.317 e. The van der Waals surface area contributed by atoms with Crippen molar-refractivity contribution >= 4 is 11.3 Å². The summed E-state index contributed by atoms with van der Waals surface area (Å²) in [7, 11) is 2.56. The van der Waals surface area contributed by atoms with Gasteiger partial charge in [0.05, 0.1) is 25.0 Å². The fraction of sp³-hybridized carbons (Fsp3) is 0.765. The third-order valence-electron chi connectivity index (χ3n) is 5.75. The summed E-state index contributed by atoms with van der Waals surface area (Å²) < 4.78 is 1.33. The highest BCUT2D eigenvalue weighted by molar-refractivity contribution is 7.10. The second kappa shape index (κ2) is 5.57. The fourth-order valence-corrected chi connectivity index (χ4v) is 5.65. The molecule has 0 radical (unpaired) electrons. The molecule has 0 bridgehead atoms. The first-order chi connectivity index (χ1) is 9.27. The summed E-state index contributed by atoms with van der Waals surface area (Å²) in [4.78, 5) is 1.68. The van der Waals surface area contributed by atoms with Gasteiger partial charge in [-0.25, -0.2) is 0 Å². The van der Waals surface area contributed by atoms with Gasteiger partial charge in [0.1, 0.15) is 5.54 Å². The van der Waals surface area contributed by atoms with Gasteiger partial charge in [-0.1, -0.05) is 18.9 Å². The minimum Gasteiger partial charge on any atom is -0.317 e. The summed E-state index contributed by atoms with van der Waals surface area (Å²) in [6, 6.07) is 4.69. The Morgan fingerprint density at radius 1 is 0.947 bits per heavy atom. The van der Waals surface area contributed by atoms with E-state index in [-0.39, 0.29) is 0 Å². The zero-order valence-corrected chi connectivity index (χ0v) is 13.2. The third kappa shape index (κ3) is 2.38. The van der Waals surface area contributed by atoms with Crippen LogP contribution in [0.2, 0.25) is 0 Å². The Bertz CT molecular complexity index is 381. The molecule has 0 atom stereocenters. The molecule has 1 saturated heterocycles. The van der Waals surface area contributed by atoms with Gasteiger partial charge in [0.25, 0.3) is 0 Å². The highest BCUT2D eigenvalue weighted by Crippen LogP contribution is 2.48. The molecule has 0 aromatic carbocycles. The SMILES string of the molecule is C[N+]1(C2(c3cccs3)CCCCCC2)CCCCC1. The van der Waals surface area contributed by atoms with Crippen LogP contribution in [0.1, 0.15) is 62.7 Å². The molecule has 0 unspecified atom stereocenters. The zero-order chi connectivity index (χ0) is 13.2. The molecule has 2 heteroatoms. The third-order valence-corrected chi connectivity index (χ3v) is 6.81. The van der Waals surface area contributed by atoms with Crippen LogP contribution < -0.4 is 0 Å². The van der Waals surface area contributed by atoms with Crippen LogP contribution in [0.25, 0.3) is 0 Å². The first-order valence-electron chi connectivity index (χ1n) is 8.16. The molecular formula is C17H28NS+. The number of hydrogen-bond acceptors (Lipinski definition) is 1. The lowest BCUT2D eigenvalue weighted by Crippen LogP contribution is -2.61. The number of thiophene rings is 1. The Hall–Kier alpha value is -0.340. The van der Waals surface area contributed by atoms with Crippen molar-refractivity contribution in [3.05, 3.63) is 22.4 Å². The minimum absolute atomic E-state index is 0.449. The molecule has 2 fully saturated rings. The molecule has 19 heavy (non-hydrogen) atoms. The van der Waals surface area contributed by atoms with E-state index in [2.05, 4.69) is 24.6 Å². The summed E-state index contributed by atoms with van der Waals surface area (Å²) in [6.45, 7) is 2.80. The molecule has 0 spiro atoms. The normalized spacial score (nSPS) is 26.8. The lowest BCUT2D eigenvalue weighted by atomic mass is 9.82. The molecule has 106 valence electrons. The van der Waals surface area contributed by atoms with E-state index in [0.717, 1.165) is 0 Å². The Kier molecular flexibility index (Phi) is 4.00. The summed E-state index contributed by atoms with van der Waals surface area (Å²) in [5.41, 5.74) is 0.449. The Morgan fingerprint density at radius 3 is 2.16 bits per heavy atom. The van der Waals surface area contributed by atoms with Gasteiger partial charge in [-0.2, -0.15) is 0 Å². The van der Waals surface area contributed by atoms with Crippen LogP contribution >= 0.6 is 11.3 Å². The molecule has 1 saturated carbocycles. The number of hydrogen-bond donors (Lipinski definition) is 0. The van der Waals surface area contributed by atoms with Crippen LogP contribution in [0.5, 0.6) is 0 Å². The van der Waals surface area contributed by atoms with Crippen molar-refractivity contribution in [2.24, 2.45) is 0 Å². The monoisotopic (exact) mass is 278 g/mol. The Labute approximate surface area is 122 Å². The number of piperidine rings is 1. The van der Waals surface area contributed by atoms with Gasteiger partial charge >= 0.3 is 0 Å². The van der Waals surface area contributed by atoms with E-state index in [9.17, 15) is 0 Å². The zero-order valence-electron chi connectivity index (χ0n) is 12.4. The molecule has 0 N–H and O–H groups in total. The average molecular weight is 278 g/mol. The lowest BCUT2D eigenvalue weighted by molar-refractivity contribution is -0.972. The van der Waals surface area contributed by atoms with Gasteiger partial charge in [0.2, 0.25) is 0 Å². The number of rotatable bonds is 2. The van der Waals surface area contributed by atoms with Gasteiger partial charge in [-0.15, -0.1) is 11.3 Å². The van der Waals surface area contributed by atoms with E-state index < -0.39 is 0 Å². The molecule has 1 nitrogen and oxygen atoms in total. The lowest BCUT2D eigenvalue weighted by Gasteiger charge is -2.52. The van der Waals surface area contributed by atoms with Crippen LogP contribution in [0.4, 0.5) is 0 Å². The van der Waals surface area contributed by atoms with Crippen molar-refractivity contribution in [3.8, 4) is 0 Å². The second-order valence-corrected chi connectivity index (χ2v) is 7.77. The maximum absolute atomic E-state index is 2.56. The highest BCUT2D eigenvalue weighted by Gasteiger charge is 2.50. The Balaban J connectivity index is 1.99. The molecule has 1 aliphatic heterocycles. The summed E-state index contributed by atoms with van der Waals surface area (Å²) in [5, 5.41) is 2.29. The van der Waals surface area contributed by atoms with E-state index in [1.54, 1.807) is 4.88 Å². The molecular weight excluding hydrogens is 250 g/mol. The highest BCUT2D eigenvalue weighted by atomic mass is 32.1. The van der Waals surface area contributed by atoms with Gasteiger partial charge in [-0.3, -0.25) is 0 Å². The van der Waals surface area contributed by atoms with E-state index in [1.807, 2.05) is 11.3 Å². The van der Waals surface area contributed by atoms with Gasteiger partial charge < -0.3 is 4.48 Å². The first kappa shape index (κ1) is 13.6. The van der Waals surface area contributed by atoms with E-state index >= 15 is 0 Å². The average Bonchev–Trinajstić information content (AvgIpc) is 2.84. The molecule has 3 rings (SSSR count). The van der Waals surface area contributed by atoms with Crippen molar-refractivity contribution in [2.45, 2.75) is 63.3 Å². The van der Waals surface area contributed by atoms with Crippen LogP contribution in [-0.2, 0) is 5.54 Å². The van der Waals surface area contributed by atoms with Gasteiger partial charge in [0, 0.05) is 12.8 Å². The Morgan fingerprint density at radius 2 is 1.58 bits per heavy atom. The molecule has 1 aromatic rings. The van der Waals surface area contributed by atoms with E-state index in [4.69, 9.17) is 0 Å². The standard InChI is InChI=1S/C17H28NS/c1-18(13-7-4-8-14-18)17(16-10-9-15-19-16)11-5-2-3-6-12-17/h9-10,15H,2-8,11-14H2,1H3/q+1. The van der Waals surface area contributed by atoms with Crippen molar-refractivity contribution < 1.29 is 4.48 Å². The van der Waals surface area contributed by atoms with Crippen molar-refractivity contribution in [1.82, 2.24) is 0 Å². The summed E-state index contributed by atoms with van der Waals surface area (Å²) in [5.74, 6) is 0. The van der Waals surface area contributed by atoms with Crippen molar-refractivity contribution in [1.29, 1.82) is 0 Å². The van der Waals surface area contributed by atoms with Crippen molar-refractivity contribution in [3.63, 3.8) is 0 Å². The van der Waals surface area contributed by atoms with Crippen LogP contribution in [-0.4, -0.2) is 24.6 Å². The smallest absolute Gasteiger partial charge is 0.134 e. The van der Waals surface area contributed by atoms with Gasteiger partial charge in [-0.05, 0) is 43.6 Å². The quantitative estimate of drug-likeness (QED) is 0.531. The molecule has 1 aromatic heterocycles. The number of nitrogens with zero attached hydrogens (tertiary/aromatic N) is 1. The van der Waals surface area contributed by atoms with Crippen LogP contribution in [0, 0.1) is 0 Å². The summed E-state index contributed by atoms with van der Waals surface area (Å²) in [6.07, 6.45) is 12.9. The number of likely N-dealkylation sites (tertiary alicyclic amines) is 1. The molecule has 1 aliphatic carbocycles.